The Morgan fingerprint density at radius 3 is 1.27 bits per heavy atom. The van der Waals surface area contributed by atoms with Crippen molar-refractivity contribution in [3.05, 3.63) is 57.6 Å². The van der Waals surface area contributed by atoms with E-state index in [-0.39, 0.29) is 0 Å². The molecule has 0 amide bonds. The van der Waals surface area contributed by atoms with Crippen molar-refractivity contribution in [2.45, 2.75) is 83.9 Å². The minimum absolute atomic E-state index is 0.333. The Bertz CT molecular complexity index is 1240. The molecule has 208 valence electrons. The maximum absolute atomic E-state index is 13.7. The molecule has 2 aromatic carbocycles. The zero-order valence-corrected chi connectivity index (χ0v) is 25.2. The van der Waals surface area contributed by atoms with Crippen LogP contribution in [0.3, 0.4) is 0 Å². The van der Waals surface area contributed by atoms with Crippen molar-refractivity contribution in [2.75, 3.05) is 32.7 Å². The molecule has 2 N–H and O–H groups in total. The molecular weight excluding hydrogens is 506 g/mol. The normalized spacial score (nSPS) is 12.6. The number of unbranched alkanes of at least 4 members (excludes halogenated alkanes) is 2. The molecule has 0 atom stereocenters. The van der Waals surface area contributed by atoms with Crippen molar-refractivity contribution in [3.8, 4) is 0 Å². The fourth-order valence-electron chi connectivity index (χ4n) is 5.21. The molecule has 0 fully saturated rings. The zero-order chi connectivity index (χ0) is 28.0. The highest BCUT2D eigenvalue weighted by Gasteiger charge is 2.29. The van der Waals surface area contributed by atoms with E-state index in [1.807, 2.05) is 72.7 Å². The van der Waals surface area contributed by atoms with Gasteiger partial charge in [0, 0.05) is 26.2 Å². The highest BCUT2D eigenvalue weighted by atomic mass is 32.2. The zero-order valence-electron chi connectivity index (χ0n) is 23.6. The number of benzene rings is 2. The van der Waals surface area contributed by atoms with E-state index in [1.54, 1.807) is 4.31 Å². The third-order valence-corrected chi connectivity index (χ3v) is 11.2. The third kappa shape index (κ3) is 7.63. The first-order valence-electron chi connectivity index (χ1n) is 13.1. The molecule has 0 aromatic heterocycles. The van der Waals surface area contributed by atoms with Gasteiger partial charge in [0.15, 0.2) is 0 Å². The number of nitrogens with two attached hydrogens (primary N) is 1. The van der Waals surface area contributed by atoms with Gasteiger partial charge in [-0.1, -0.05) is 42.3 Å². The van der Waals surface area contributed by atoms with Crippen molar-refractivity contribution in [3.63, 3.8) is 0 Å². The first-order valence-corrected chi connectivity index (χ1v) is 16.0. The summed E-state index contributed by atoms with van der Waals surface area (Å²) in [6, 6.07) is 7.59. The number of aryl methyl sites for hydroxylation is 6. The van der Waals surface area contributed by atoms with E-state index >= 15 is 0 Å². The molecule has 0 heterocycles. The lowest BCUT2D eigenvalue weighted by atomic mass is 10.1. The third-order valence-electron chi connectivity index (χ3n) is 6.68. The van der Waals surface area contributed by atoms with Crippen molar-refractivity contribution >= 4 is 20.0 Å². The molecule has 0 spiro atoms. The standard InChI is InChI=1S/C28H45N3O4S2/c1-8-30(36(32,33)27-23(4)17-21(2)18-24(27)5)14-11-12-16-31(15-10-9-13-29)37(34,35)28-25(6)19-22(3)20-26(28)7/h17-20H,8-16,29H2,1-7H3. The highest BCUT2D eigenvalue weighted by Crippen LogP contribution is 2.27. The van der Waals surface area contributed by atoms with Gasteiger partial charge in [-0.2, -0.15) is 8.61 Å². The molecule has 0 unspecified atom stereocenters. The molecule has 0 aliphatic rings. The van der Waals surface area contributed by atoms with Gasteiger partial charge in [-0.05, 0) is 96.0 Å². The summed E-state index contributed by atoms with van der Waals surface area (Å²) in [6.45, 7) is 15.0. The van der Waals surface area contributed by atoms with E-state index in [0.29, 0.717) is 61.8 Å². The minimum Gasteiger partial charge on any atom is -0.330 e. The van der Waals surface area contributed by atoms with E-state index in [4.69, 9.17) is 5.73 Å². The molecule has 37 heavy (non-hydrogen) atoms. The van der Waals surface area contributed by atoms with Crippen LogP contribution in [0.1, 0.15) is 66.0 Å². The second-order valence-electron chi connectivity index (χ2n) is 10.1. The Kier molecular flexibility index (Phi) is 11.3. The summed E-state index contributed by atoms with van der Waals surface area (Å²) in [6.07, 6.45) is 2.55. The van der Waals surface area contributed by atoms with E-state index in [2.05, 4.69) is 0 Å². The van der Waals surface area contributed by atoms with Crippen LogP contribution in [0.4, 0.5) is 0 Å². The Morgan fingerprint density at radius 2 is 0.919 bits per heavy atom. The SMILES string of the molecule is CCN(CCCCN(CCCCN)S(=O)(=O)c1c(C)cc(C)cc1C)S(=O)(=O)c1c(C)cc(C)cc1C. The number of nitrogens with zero attached hydrogens (tertiary/aromatic N) is 2. The van der Waals surface area contributed by atoms with Gasteiger partial charge in [-0.25, -0.2) is 16.8 Å². The average Bonchev–Trinajstić information content (AvgIpc) is 2.75. The second-order valence-corrected chi connectivity index (χ2v) is 13.8. The van der Waals surface area contributed by atoms with Crippen molar-refractivity contribution in [1.29, 1.82) is 0 Å². The molecule has 9 heteroatoms. The van der Waals surface area contributed by atoms with Gasteiger partial charge in [-0.3, -0.25) is 0 Å². The van der Waals surface area contributed by atoms with E-state index in [0.717, 1.165) is 39.8 Å². The van der Waals surface area contributed by atoms with Crippen LogP contribution < -0.4 is 5.73 Å². The topological polar surface area (TPSA) is 101 Å². The largest absolute Gasteiger partial charge is 0.330 e. The quantitative estimate of drug-likeness (QED) is 0.341. The van der Waals surface area contributed by atoms with Crippen LogP contribution in [0, 0.1) is 41.5 Å². The van der Waals surface area contributed by atoms with Crippen LogP contribution in [-0.4, -0.2) is 58.2 Å². The van der Waals surface area contributed by atoms with Crippen LogP contribution in [0.25, 0.3) is 0 Å². The van der Waals surface area contributed by atoms with E-state index in [9.17, 15) is 16.8 Å². The van der Waals surface area contributed by atoms with Crippen molar-refractivity contribution < 1.29 is 16.8 Å². The summed E-state index contributed by atoms with van der Waals surface area (Å²) >= 11 is 0. The Morgan fingerprint density at radius 1 is 0.595 bits per heavy atom. The van der Waals surface area contributed by atoms with E-state index < -0.39 is 20.0 Å². The molecule has 0 saturated heterocycles. The predicted molar refractivity (Wildman–Crippen MR) is 152 cm³/mol. The molecule has 0 aliphatic heterocycles. The molecular formula is C28H45N3O4S2. The molecule has 0 radical (unpaired) electrons. The summed E-state index contributed by atoms with van der Waals surface area (Å²) < 4.78 is 57.4. The van der Waals surface area contributed by atoms with Gasteiger partial charge < -0.3 is 5.73 Å². The lowest BCUT2D eigenvalue weighted by Crippen LogP contribution is -2.36. The molecule has 0 bridgehead atoms. The van der Waals surface area contributed by atoms with Crippen molar-refractivity contribution in [1.82, 2.24) is 8.61 Å². The van der Waals surface area contributed by atoms with Gasteiger partial charge >= 0.3 is 0 Å². The Labute approximate surface area is 225 Å². The second kappa shape index (κ2) is 13.3. The molecule has 2 aromatic rings. The monoisotopic (exact) mass is 551 g/mol. The predicted octanol–water partition coefficient (Wildman–Crippen LogP) is 4.76. The van der Waals surface area contributed by atoms with Gasteiger partial charge in [0.05, 0.1) is 9.79 Å². The summed E-state index contributed by atoms with van der Waals surface area (Å²) in [5, 5.41) is 0. The number of rotatable bonds is 14. The van der Waals surface area contributed by atoms with Gasteiger partial charge in [-0.15, -0.1) is 0 Å². The van der Waals surface area contributed by atoms with Crippen molar-refractivity contribution in [2.24, 2.45) is 5.73 Å². The molecule has 7 nitrogen and oxygen atoms in total. The molecule has 0 aliphatic carbocycles. The number of hydrogen-bond donors (Lipinski definition) is 1. The first kappa shape index (κ1) is 31.4. The average molecular weight is 552 g/mol. The van der Waals surface area contributed by atoms with Crippen LogP contribution in [0.15, 0.2) is 34.1 Å². The van der Waals surface area contributed by atoms with Crippen LogP contribution in [-0.2, 0) is 20.0 Å². The Balaban J connectivity index is 2.20. The first-order chi connectivity index (χ1) is 17.3. The minimum atomic E-state index is -3.69. The van der Waals surface area contributed by atoms with Gasteiger partial charge in [0.25, 0.3) is 0 Å². The van der Waals surface area contributed by atoms with Crippen LogP contribution >= 0.6 is 0 Å². The molecule has 0 saturated carbocycles. The van der Waals surface area contributed by atoms with Crippen LogP contribution in [0.5, 0.6) is 0 Å². The van der Waals surface area contributed by atoms with E-state index in [1.165, 1.54) is 4.31 Å². The summed E-state index contributed by atoms with van der Waals surface area (Å²) in [5.41, 5.74) is 10.7. The van der Waals surface area contributed by atoms with Crippen LogP contribution in [0.2, 0.25) is 0 Å². The lowest BCUT2D eigenvalue weighted by molar-refractivity contribution is 0.369. The van der Waals surface area contributed by atoms with Gasteiger partial charge in [0.2, 0.25) is 20.0 Å². The Hall–Kier alpha value is -1.78. The van der Waals surface area contributed by atoms with Gasteiger partial charge in [0.1, 0.15) is 0 Å². The summed E-state index contributed by atoms with van der Waals surface area (Å²) in [5.74, 6) is 0. The summed E-state index contributed by atoms with van der Waals surface area (Å²) in [4.78, 5) is 0.741. The maximum atomic E-state index is 13.7. The maximum Gasteiger partial charge on any atom is 0.243 e. The fraction of sp³-hybridized carbons (Fsp3) is 0.571. The number of hydrogen-bond acceptors (Lipinski definition) is 5. The smallest absolute Gasteiger partial charge is 0.243 e. The lowest BCUT2D eigenvalue weighted by Gasteiger charge is -2.26. The number of sulfonamides is 2. The highest BCUT2D eigenvalue weighted by molar-refractivity contribution is 7.89. The summed E-state index contributed by atoms with van der Waals surface area (Å²) in [7, 11) is -7.34. The fourth-order valence-corrected chi connectivity index (χ4v) is 9.04. The molecule has 2 rings (SSSR count).